The summed E-state index contributed by atoms with van der Waals surface area (Å²) in [5.74, 6) is -0.984. The summed E-state index contributed by atoms with van der Waals surface area (Å²) >= 11 is 0. The Morgan fingerprint density at radius 1 is 1.53 bits per heavy atom. The van der Waals surface area contributed by atoms with Gasteiger partial charge in [-0.2, -0.15) is 0 Å². The number of rotatable bonds is 6. The zero-order valence-electron chi connectivity index (χ0n) is 10.9. The lowest BCUT2D eigenvalue weighted by atomic mass is 10.6. The van der Waals surface area contributed by atoms with Crippen molar-refractivity contribution in [3.05, 3.63) is 17.7 Å². The first-order valence-corrected chi connectivity index (χ1v) is 9.35. The average molecular weight is 256 g/mol. The normalized spacial score (nSPS) is 11.8. The van der Waals surface area contributed by atoms with E-state index in [1.54, 1.807) is 13.1 Å². The van der Waals surface area contributed by atoms with E-state index >= 15 is 0 Å². The van der Waals surface area contributed by atoms with E-state index in [1.165, 1.54) is 4.57 Å². The largest absolute Gasteiger partial charge is 0.475 e. The SMILES string of the molecule is Cc1cn(COCC[Si](C)(C)C)c(C(=O)O)n1. The molecule has 0 aliphatic carbocycles. The molecule has 0 aliphatic rings. The second-order valence-corrected chi connectivity index (χ2v) is 11.0. The third-order valence-electron chi connectivity index (χ3n) is 2.32. The molecule has 1 heterocycles. The van der Waals surface area contributed by atoms with Gasteiger partial charge in [-0.3, -0.25) is 0 Å². The molecule has 0 saturated carbocycles. The molecule has 0 radical (unpaired) electrons. The standard InChI is InChI=1S/C11H20N2O3Si/c1-9-7-13(10(12-9)11(14)15)8-16-5-6-17(2,3)4/h7H,5-6,8H2,1-4H3,(H,14,15). The maximum atomic E-state index is 10.9. The van der Waals surface area contributed by atoms with Gasteiger partial charge in [0.25, 0.3) is 0 Å². The monoisotopic (exact) mass is 256 g/mol. The first-order valence-electron chi connectivity index (χ1n) is 5.64. The van der Waals surface area contributed by atoms with Gasteiger partial charge >= 0.3 is 5.97 Å². The molecule has 17 heavy (non-hydrogen) atoms. The van der Waals surface area contributed by atoms with E-state index in [9.17, 15) is 4.79 Å². The Kier molecular flexibility index (Phi) is 4.47. The van der Waals surface area contributed by atoms with E-state index in [-0.39, 0.29) is 12.6 Å². The predicted molar refractivity (Wildman–Crippen MR) is 68.0 cm³/mol. The van der Waals surface area contributed by atoms with Crippen LogP contribution in [0.5, 0.6) is 0 Å². The molecule has 0 saturated heterocycles. The van der Waals surface area contributed by atoms with Gasteiger partial charge in [-0.25, -0.2) is 9.78 Å². The van der Waals surface area contributed by atoms with E-state index in [1.807, 2.05) is 0 Å². The molecule has 0 aliphatic heterocycles. The van der Waals surface area contributed by atoms with Crippen molar-refractivity contribution in [1.82, 2.24) is 9.55 Å². The minimum absolute atomic E-state index is 0.0375. The highest BCUT2D eigenvalue weighted by Gasteiger charge is 2.14. The summed E-state index contributed by atoms with van der Waals surface area (Å²) in [5.41, 5.74) is 0.691. The fourth-order valence-corrected chi connectivity index (χ4v) is 2.11. The van der Waals surface area contributed by atoms with Crippen molar-refractivity contribution in [1.29, 1.82) is 0 Å². The van der Waals surface area contributed by atoms with Crippen LogP contribution in [0.25, 0.3) is 0 Å². The lowest BCUT2D eigenvalue weighted by Gasteiger charge is -2.15. The van der Waals surface area contributed by atoms with Crippen LogP contribution in [0.4, 0.5) is 0 Å². The summed E-state index contributed by atoms with van der Waals surface area (Å²) in [6.45, 7) is 9.53. The van der Waals surface area contributed by atoms with Gasteiger partial charge in [-0.05, 0) is 13.0 Å². The molecule has 1 N–H and O–H groups in total. The Hall–Kier alpha value is -1.14. The summed E-state index contributed by atoms with van der Waals surface area (Å²) in [4.78, 5) is 14.8. The molecule has 1 rings (SSSR count). The summed E-state index contributed by atoms with van der Waals surface area (Å²) in [6.07, 6.45) is 1.69. The molecule has 1 aromatic heterocycles. The van der Waals surface area contributed by atoms with Crippen LogP contribution in [0.3, 0.4) is 0 Å². The van der Waals surface area contributed by atoms with Crippen molar-refractivity contribution >= 4 is 14.0 Å². The van der Waals surface area contributed by atoms with E-state index in [0.29, 0.717) is 12.3 Å². The number of nitrogens with zero attached hydrogens (tertiary/aromatic N) is 2. The highest BCUT2D eigenvalue weighted by Crippen LogP contribution is 2.09. The lowest BCUT2D eigenvalue weighted by molar-refractivity contribution is 0.0613. The molecule has 0 bridgehead atoms. The zero-order chi connectivity index (χ0) is 13.1. The van der Waals surface area contributed by atoms with Crippen LogP contribution in [0.2, 0.25) is 25.7 Å². The van der Waals surface area contributed by atoms with Crippen molar-refractivity contribution in [3.8, 4) is 0 Å². The summed E-state index contributed by atoms with van der Waals surface area (Å²) in [7, 11) is -1.09. The first-order chi connectivity index (χ1) is 7.79. The summed E-state index contributed by atoms with van der Waals surface area (Å²) in [5, 5.41) is 8.93. The van der Waals surface area contributed by atoms with Crippen LogP contribution < -0.4 is 0 Å². The summed E-state index contributed by atoms with van der Waals surface area (Å²) < 4.78 is 7.02. The van der Waals surface area contributed by atoms with Gasteiger partial charge in [0.15, 0.2) is 0 Å². The molecule has 0 aromatic carbocycles. The number of carboxylic acids is 1. The Balaban J connectivity index is 2.49. The van der Waals surface area contributed by atoms with Gasteiger partial charge in [0, 0.05) is 20.9 Å². The molecule has 0 unspecified atom stereocenters. The molecule has 0 spiro atoms. The van der Waals surface area contributed by atoms with Crippen molar-refractivity contribution < 1.29 is 14.6 Å². The number of hydrogen-bond acceptors (Lipinski definition) is 3. The molecule has 5 nitrogen and oxygen atoms in total. The number of carboxylic acid groups (broad SMARTS) is 1. The van der Waals surface area contributed by atoms with Gasteiger partial charge in [-0.1, -0.05) is 19.6 Å². The number of carbonyl (C=O) groups is 1. The molecule has 0 fully saturated rings. The highest BCUT2D eigenvalue weighted by molar-refractivity contribution is 6.76. The fourth-order valence-electron chi connectivity index (χ4n) is 1.36. The molecule has 6 heteroatoms. The molecular weight excluding hydrogens is 236 g/mol. The van der Waals surface area contributed by atoms with Gasteiger partial charge in [0.1, 0.15) is 6.73 Å². The van der Waals surface area contributed by atoms with Crippen LogP contribution in [0, 0.1) is 6.92 Å². The average Bonchev–Trinajstić information content (AvgIpc) is 2.53. The number of imidazole rings is 1. The predicted octanol–water partition coefficient (Wildman–Crippen LogP) is 2.20. The molecule has 0 amide bonds. The number of ether oxygens (including phenoxy) is 1. The topological polar surface area (TPSA) is 64.3 Å². The minimum atomic E-state index is -1.09. The first kappa shape index (κ1) is 13.9. The Labute approximate surface area is 102 Å². The minimum Gasteiger partial charge on any atom is -0.475 e. The third-order valence-corrected chi connectivity index (χ3v) is 4.02. The van der Waals surface area contributed by atoms with Gasteiger partial charge in [0.05, 0.1) is 5.69 Å². The zero-order valence-corrected chi connectivity index (χ0v) is 11.9. The Morgan fingerprint density at radius 3 is 2.71 bits per heavy atom. The second-order valence-electron chi connectivity index (χ2n) is 5.33. The molecule has 1 aromatic rings. The number of aromatic nitrogens is 2. The van der Waals surface area contributed by atoms with Gasteiger partial charge < -0.3 is 14.4 Å². The van der Waals surface area contributed by atoms with E-state index in [2.05, 4.69) is 24.6 Å². The van der Waals surface area contributed by atoms with Crippen LogP contribution in [0.1, 0.15) is 16.3 Å². The van der Waals surface area contributed by atoms with Crippen molar-refractivity contribution in [2.75, 3.05) is 6.61 Å². The van der Waals surface area contributed by atoms with Crippen LogP contribution in [-0.2, 0) is 11.5 Å². The molecule has 0 atom stereocenters. The third kappa shape index (κ3) is 4.70. The maximum absolute atomic E-state index is 10.9. The van der Waals surface area contributed by atoms with E-state index < -0.39 is 14.0 Å². The van der Waals surface area contributed by atoms with Crippen molar-refractivity contribution in [2.24, 2.45) is 0 Å². The van der Waals surface area contributed by atoms with Gasteiger partial charge in [0.2, 0.25) is 5.82 Å². The quantitative estimate of drug-likeness (QED) is 0.626. The molecular formula is C11H20N2O3Si. The number of aromatic carboxylic acids is 1. The smallest absolute Gasteiger partial charge is 0.372 e. The van der Waals surface area contributed by atoms with E-state index in [0.717, 1.165) is 6.04 Å². The summed E-state index contributed by atoms with van der Waals surface area (Å²) in [6, 6.07) is 1.07. The molecule has 96 valence electrons. The number of aryl methyl sites for hydroxylation is 1. The van der Waals surface area contributed by atoms with Crippen molar-refractivity contribution in [2.45, 2.75) is 39.3 Å². The maximum Gasteiger partial charge on any atom is 0.372 e. The van der Waals surface area contributed by atoms with Crippen LogP contribution in [0.15, 0.2) is 6.20 Å². The lowest BCUT2D eigenvalue weighted by Crippen LogP contribution is -2.22. The second kappa shape index (κ2) is 5.46. The Morgan fingerprint density at radius 2 is 2.18 bits per heavy atom. The van der Waals surface area contributed by atoms with Crippen LogP contribution in [-0.4, -0.2) is 35.3 Å². The highest BCUT2D eigenvalue weighted by atomic mass is 28.3. The van der Waals surface area contributed by atoms with Gasteiger partial charge in [-0.15, -0.1) is 0 Å². The number of hydrogen-bond donors (Lipinski definition) is 1. The van der Waals surface area contributed by atoms with Crippen molar-refractivity contribution in [3.63, 3.8) is 0 Å². The van der Waals surface area contributed by atoms with E-state index in [4.69, 9.17) is 9.84 Å². The fraction of sp³-hybridized carbons (Fsp3) is 0.636. The Bertz CT molecular complexity index is 396. The van der Waals surface area contributed by atoms with Crippen LogP contribution >= 0.6 is 0 Å².